The van der Waals surface area contributed by atoms with E-state index in [1.54, 1.807) is 44.0 Å². The van der Waals surface area contributed by atoms with E-state index in [9.17, 15) is 19.5 Å². The normalized spacial score (nSPS) is 19.1. The van der Waals surface area contributed by atoms with Crippen LogP contribution in [0.5, 0.6) is 0 Å². The lowest BCUT2D eigenvalue weighted by molar-refractivity contribution is -0.145. The maximum absolute atomic E-state index is 12.2. The SMILES string of the molecule is CC(C)(C)OC(=O)N1CCN(CC(=O)c2ccc[nH]2)[C@@H](C(=O)O)C1. The van der Waals surface area contributed by atoms with E-state index in [2.05, 4.69) is 4.98 Å². The number of carboxylic acid groups (broad SMARTS) is 1. The third-order valence-corrected chi connectivity index (χ3v) is 3.67. The third kappa shape index (κ3) is 4.58. The number of nitrogens with one attached hydrogen (secondary N) is 1. The van der Waals surface area contributed by atoms with Gasteiger partial charge in [-0.15, -0.1) is 0 Å². The molecule has 1 saturated heterocycles. The predicted molar refractivity (Wildman–Crippen MR) is 85.9 cm³/mol. The van der Waals surface area contributed by atoms with E-state index in [0.29, 0.717) is 18.8 Å². The van der Waals surface area contributed by atoms with Crippen molar-refractivity contribution in [2.24, 2.45) is 0 Å². The topological polar surface area (TPSA) is 103 Å². The molecule has 0 aromatic carbocycles. The second kappa shape index (κ2) is 7.04. The number of rotatable bonds is 4. The second-order valence-corrected chi connectivity index (χ2v) is 6.76. The van der Waals surface area contributed by atoms with Gasteiger partial charge in [-0.3, -0.25) is 14.5 Å². The number of ketones is 1. The minimum atomic E-state index is -1.07. The van der Waals surface area contributed by atoms with Crippen molar-refractivity contribution in [3.8, 4) is 0 Å². The van der Waals surface area contributed by atoms with Crippen LogP contribution in [0.4, 0.5) is 4.79 Å². The number of nitrogens with zero attached hydrogens (tertiary/aromatic N) is 2. The zero-order chi connectivity index (χ0) is 17.9. The molecule has 1 aromatic heterocycles. The standard InChI is InChI=1S/C16H23N3O5/c1-16(2,3)24-15(23)19-8-7-18(12(9-19)14(21)22)10-13(20)11-5-4-6-17-11/h4-6,12,17H,7-10H2,1-3H3,(H,21,22)/t12-/m1/s1. The molecular weight excluding hydrogens is 314 g/mol. The average Bonchev–Trinajstić information content (AvgIpc) is 2.99. The van der Waals surface area contributed by atoms with Crippen molar-refractivity contribution in [1.29, 1.82) is 0 Å². The number of aromatic amines is 1. The van der Waals surface area contributed by atoms with Crippen molar-refractivity contribution in [3.63, 3.8) is 0 Å². The maximum atomic E-state index is 12.2. The summed E-state index contributed by atoms with van der Waals surface area (Å²) in [5.74, 6) is -1.25. The fourth-order valence-electron chi connectivity index (χ4n) is 2.51. The summed E-state index contributed by atoms with van der Waals surface area (Å²) in [6.07, 6.45) is 1.10. The molecule has 1 amide bonds. The smallest absolute Gasteiger partial charge is 0.410 e. The Morgan fingerprint density at radius 3 is 2.58 bits per heavy atom. The lowest BCUT2D eigenvalue weighted by atomic mass is 10.1. The molecule has 2 heterocycles. The van der Waals surface area contributed by atoms with Gasteiger partial charge in [-0.2, -0.15) is 0 Å². The Kier molecular flexibility index (Phi) is 5.28. The van der Waals surface area contributed by atoms with Gasteiger partial charge in [0.05, 0.1) is 18.8 Å². The van der Waals surface area contributed by atoms with Gasteiger partial charge in [0.15, 0.2) is 5.78 Å². The monoisotopic (exact) mass is 337 g/mol. The number of carbonyl (C=O) groups excluding carboxylic acids is 2. The van der Waals surface area contributed by atoms with Crippen LogP contribution in [0, 0.1) is 0 Å². The Morgan fingerprint density at radius 1 is 1.33 bits per heavy atom. The Balaban J connectivity index is 2.02. The Hall–Kier alpha value is -2.35. The predicted octanol–water partition coefficient (Wildman–Crippen LogP) is 1.20. The van der Waals surface area contributed by atoms with Crippen molar-refractivity contribution in [2.45, 2.75) is 32.4 Å². The number of H-pyrrole nitrogens is 1. The number of carboxylic acids is 1. The summed E-state index contributed by atoms with van der Waals surface area (Å²) in [6, 6.07) is 2.42. The van der Waals surface area contributed by atoms with Crippen molar-refractivity contribution in [2.75, 3.05) is 26.2 Å². The van der Waals surface area contributed by atoms with Crippen molar-refractivity contribution in [1.82, 2.24) is 14.8 Å². The van der Waals surface area contributed by atoms with E-state index in [1.165, 1.54) is 4.90 Å². The molecule has 0 saturated carbocycles. The number of carbonyl (C=O) groups is 3. The van der Waals surface area contributed by atoms with Crippen LogP contribution in [0.1, 0.15) is 31.3 Å². The largest absolute Gasteiger partial charge is 0.480 e. The highest BCUT2D eigenvalue weighted by molar-refractivity contribution is 5.96. The van der Waals surface area contributed by atoms with Crippen molar-refractivity contribution in [3.05, 3.63) is 24.0 Å². The van der Waals surface area contributed by atoms with E-state index >= 15 is 0 Å². The number of aliphatic carboxylic acids is 1. The highest BCUT2D eigenvalue weighted by atomic mass is 16.6. The summed E-state index contributed by atoms with van der Waals surface area (Å²) in [5.41, 5.74) is -0.204. The average molecular weight is 337 g/mol. The summed E-state index contributed by atoms with van der Waals surface area (Å²) in [5, 5.41) is 9.44. The summed E-state index contributed by atoms with van der Waals surface area (Å²) >= 11 is 0. The molecule has 1 aliphatic heterocycles. The molecule has 8 nitrogen and oxygen atoms in total. The van der Waals surface area contributed by atoms with Gasteiger partial charge in [0.1, 0.15) is 11.6 Å². The first-order valence-corrected chi connectivity index (χ1v) is 7.79. The number of hydrogen-bond acceptors (Lipinski definition) is 5. The van der Waals surface area contributed by atoms with Crippen LogP contribution in [0.3, 0.4) is 0 Å². The number of ether oxygens (including phenoxy) is 1. The first kappa shape index (κ1) is 18.0. The molecule has 0 bridgehead atoms. The first-order chi connectivity index (χ1) is 11.2. The van der Waals surface area contributed by atoms with Crippen molar-refractivity contribution < 1.29 is 24.2 Å². The van der Waals surface area contributed by atoms with Gasteiger partial charge in [-0.1, -0.05) is 0 Å². The third-order valence-electron chi connectivity index (χ3n) is 3.67. The van der Waals surface area contributed by atoms with Gasteiger partial charge in [-0.05, 0) is 32.9 Å². The van der Waals surface area contributed by atoms with Gasteiger partial charge in [0, 0.05) is 19.3 Å². The molecule has 8 heteroatoms. The van der Waals surface area contributed by atoms with Crippen LogP contribution in [0.15, 0.2) is 18.3 Å². The molecule has 1 aliphatic rings. The van der Waals surface area contributed by atoms with Crippen LogP contribution >= 0.6 is 0 Å². The van der Waals surface area contributed by atoms with E-state index in [1.807, 2.05) is 0 Å². The van der Waals surface area contributed by atoms with Crippen LogP contribution in [-0.4, -0.2) is 75.6 Å². The number of amides is 1. The molecule has 1 fully saturated rings. The quantitative estimate of drug-likeness (QED) is 0.801. The lowest BCUT2D eigenvalue weighted by Gasteiger charge is -2.39. The number of aromatic nitrogens is 1. The maximum Gasteiger partial charge on any atom is 0.410 e. The number of hydrogen-bond donors (Lipinski definition) is 2. The zero-order valence-corrected chi connectivity index (χ0v) is 14.1. The van der Waals surface area contributed by atoms with E-state index in [0.717, 1.165) is 0 Å². The molecule has 0 radical (unpaired) electrons. The highest BCUT2D eigenvalue weighted by Crippen LogP contribution is 2.16. The molecule has 0 aliphatic carbocycles. The molecule has 1 atom stereocenters. The van der Waals surface area contributed by atoms with Crippen LogP contribution in [0.2, 0.25) is 0 Å². The van der Waals surface area contributed by atoms with Gasteiger partial charge in [0.25, 0.3) is 0 Å². The lowest BCUT2D eigenvalue weighted by Crippen LogP contribution is -2.59. The summed E-state index contributed by atoms with van der Waals surface area (Å²) < 4.78 is 5.28. The molecule has 0 spiro atoms. The molecule has 1 aromatic rings. The van der Waals surface area contributed by atoms with E-state index in [-0.39, 0.29) is 18.9 Å². The van der Waals surface area contributed by atoms with Crippen LogP contribution in [0.25, 0.3) is 0 Å². The molecule has 2 N–H and O–H groups in total. The van der Waals surface area contributed by atoms with Gasteiger partial charge in [0.2, 0.25) is 0 Å². The van der Waals surface area contributed by atoms with Gasteiger partial charge >= 0.3 is 12.1 Å². The van der Waals surface area contributed by atoms with Gasteiger partial charge in [-0.25, -0.2) is 4.79 Å². The highest BCUT2D eigenvalue weighted by Gasteiger charge is 2.36. The molecular formula is C16H23N3O5. The minimum absolute atomic E-state index is 0.0117. The summed E-state index contributed by atoms with van der Waals surface area (Å²) in [6.45, 7) is 5.85. The van der Waals surface area contributed by atoms with Crippen molar-refractivity contribution >= 4 is 17.8 Å². The minimum Gasteiger partial charge on any atom is -0.480 e. The second-order valence-electron chi connectivity index (χ2n) is 6.76. The molecule has 132 valence electrons. The van der Waals surface area contributed by atoms with Crippen LogP contribution < -0.4 is 0 Å². The fourth-order valence-corrected chi connectivity index (χ4v) is 2.51. The van der Waals surface area contributed by atoms with E-state index in [4.69, 9.17) is 4.74 Å². The molecule has 24 heavy (non-hydrogen) atoms. The Bertz CT molecular complexity index is 606. The fraction of sp³-hybridized carbons (Fsp3) is 0.562. The molecule has 2 rings (SSSR count). The zero-order valence-electron chi connectivity index (χ0n) is 14.1. The van der Waals surface area contributed by atoms with Crippen LogP contribution in [-0.2, 0) is 9.53 Å². The summed E-state index contributed by atoms with van der Waals surface area (Å²) in [7, 11) is 0. The first-order valence-electron chi connectivity index (χ1n) is 7.79. The number of piperazine rings is 1. The number of Topliss-reactive ketones (excluding diaryl/α,β-unsaturated/α-hetero) is 1. The Morgan fingerprint density at radius 2 is 2.04 bits per heavy atom. The summed E-state index contributed by atoms with van der Waals surface area (Å²) in [4.78, 5) is 41.6. The van der Waals surface area contributed by atoms with Gasteiger partial charge < -0.3 is 19.7 Å². The molecule has 0 unspecified atom stereocenters. The Labute approximate surface area is 140 Å². The van der Waals surface area contributed by atoms with E-state index < -0.39 is 23.7 Å².